The third kappa shape index (κ3) is 7.97. The first-order chi connectivity index (χ1) is 6.35. The smallest absolute Gasteiger partial charge is 0.332 e. The van der Waals surface area contributed by atoms with E-state index in [2.05, 4.69) is 0 Å². The molecular weight excluding hydrogens is 188 g/mol. The normalized spacial score (nSPS) is 13.8. The first-order valence-electron chi connectivity index (χ1n) is 4.43. The summed E-state index contributed by atoms with van der Waals surface area (Å²) >= 11 is 0. The summed E-state index contributed by atoms with van der Waals surface area (Å²) in [6, 6.07) is 0. The van der Waals surface area contributed by atoms with Crippen molar-refractivity contribution in [2.24, 2.45) is 0 Å². The molecule has 0 aromatic rings. The molecule has 84 valence electrons. The molecule has 0 aliphatic rings. The lowest BCUT2D eigenvalue weighted by atomic mass is 10.2. The van der Waals surface area contributed by atoms with Crippen LogP contribution in [0.5, 0.6) is 0 Å². The highest BCUT2D eigenvalue weighted by Gasteiger charge is 2.16. The average molecular weight is 206 g/mol. The molecule has 0 bridgehead atoms. The van der Waals surface area contributed by atoms with Gasteiger partial charge in [-0.2, -0.15) is 0 Å². The van der Waals surface area contributed by atoms with Crippen LogP contribution >= 0.6 is 0 Å². The fourth-order valence-electron chi connectivity index (χ4n) is 0.702. The van der Waals surface area contributed by atoms with Crippen LogP contribution in [0.25, 0.3) is 0 Å². The van der Waals surface area contributed by atoms with E-state index in [1.165, 1.54) is 0 Å². The summed E-state index contributed by atoms with van der Waals surface area (Å²) < 4.78 is 9.75. The van der Waals surface area contributed by atoms with Crippen molar-refractivity contribution in [2.45, 2.75) is 32.5 Å². The minimum Gasteiger partial charge on any atom is -0.458 e. The Morgan fingerprint density at radius 3 is 2.43 bits per heavy atom. The maximum absolute atomic E-state index is 11.0. The van der Waals surface area contributed by atoms with Gasteiger partial charge >= 0.3 is 5.97 Å². The highest BCUT2D eigenvalue weighted by Crippen LogP contribution is 2.06. The molecule has 0 rings (SSSR count). The van der Waals surface area contributed by atoms with E-state index in [9.17, 15) is 4.79 Å². The highest BCUT2D eigenvalue weighted by atomic mass is 16.6. The molecule has 0 radical (unpaired) electrons. The lowest BCUT2D eigenvalue weighted by Gasteiger charge is -2.19. The van der Waals surface area contributed by atoms with E-state index in [0.29, 0.717) is 0 Å². The van der Waals surface area contributed by atoms with Gasteiger partial charge in [0.05, 0.1) is 13.2 Å². The number of aliphatic hydroxyl groups is 2. The summed E-state index contributed by atoms with van der Waals surface area (Å²) in [6.07, 6.45) is -0.947. The molecule has 0 saturated heterocycles. The predicted octanol–water partition coefficient (Wildman–Crippen LogP) is -0.302. The third-order valence-corrected chi connectivity index (χ3v) is 1.16. The van der Waals surface area contributed by atoms with E-state index in [4.69, 9.17) is 19.7 Å². The Bertz CT molecular complexity index is 173. The van der Waals surface area contributed by atoms with Crippen LogP contribution < -0.4 is 0 Å². The van der Waals surface area contributed by atoms with Gasteiger partial charge in [-0.1, -0.05) is 0 Å². The van der Waals surface area contributed by atoms with Crippen molar-refractivity contribution in [3.05, 3.63) is 0 Å². The zero-order valence-electron chi connectivity index (χ0n) is 8.82. The fraction of sp³-hybridized carbons (Fsp3) is 0.889. The van der Waals surface area contributed by atoms with Gasteiger partial charge in [-0.3, -0.25) is 0 Å². The molecule has 0 aromatic heterocycles. The van der Waals surface area contributed by atoms with Gasteiger partial charge in [0.15, 0.2) is 0 Å². The summed E-state index contributed by atoms with van der Waals surface area (Å²) in [5.41, 5.74) is -0.532. The topological polar surface area (TPSA) is 76.0 Å². The quantitative estimate of drug-likeness (QED) is 0.604. The Morgan fingerprint density at radius 2 is 2.00 bits per heavy atom. The van der Waals surface area contributed by atoms with Crippen molar-refractivity contribution >= 4 is 5.97 Å². The molecule has 0 aliphatic carbocycles. The molecule has 0 aromatic carbocycles. The lowest BCUT2D eigenvalue weighted by molar-refractivity contribution is -0.161. The Kier molecular flexibility index (Phi) is 5.68. The Labute approximate surface area is 83.6 Å². The lowest BCUT2D eigenvalue weighted by Crippen LogP contribution is -2.28. The molecule has 0 aliphatic heterocycles. The van der Waals surface area contributed by atoms with Gasteiger partial charge < -0.3 is 19.7 Å². The van der Waals surface area contributed by atoms with Crippen molar-refractivity contribution in [2.75, 3.05) is 19.8 Å². The van der Waals surface area contributed by atoms with Crippen LogP contribution in [0.2, 0.25) is 0 Å². The molecule has 5 nitrogen and oxygen atoms in total. The van der Waals surface area contributed by atoms with Crippen molar-refractivity contribution in [1.82, 2.24) is 0 Å². The molecule has 5 heteroatoms. The van der Waals surface area contributed by atoms with Crippen LogP contribution in [0, 0.1) is 0 Å². The summed E-state index contributed by atoms with van der Waals surface area (Å²) in [5.74, 6) is -0.484. The molecule has 0 amide bonds. The first-order valence-corrected chi connectivity index (χ1v) is 4.43. The minimum atomic E-state index is -0.947. The van der Waals surface area contributed by atoms with E-state index in [1.54, 1.807) is 20.8 Å². The molecule has 1 unspecified atom stereocenters. The molecule has 0 saturated carbocycles. The summed E-state index contributed by atoms with van der Waals surface area (Å²) in [5, 5.41) is 17.3. The number of aliphatic hydroxyl groups excluding tert-OH is 2. The van der Waals surface area contributed by atoms with Gasteiger partial charge in [-0.25, -0.2) is 4.79 Å². The van der Waals surface area contributed by atoms with Crippen LogP contribution in [0.4, 0.5) is 0 Å². The molecule has 1 atom stereocenters. The van der Waals surface area contributed by atoms with Gasteiger partial charge in [0.1, 0.15) is 18.3 Å². The summed E-state index contributed by atoms with van der Waals surface area (Å²) in [7, 11) is 0. The standard InChI is InChI=1S/C9H18O5/c1-9(2,3)14-8(12)6-13-5-7(11)4-10/h7,10-11H,4-6H2,1-3H3. The summed E-state index contributed by atoms with van der Waals surface area (Å²) in [4.78, 5) is 11.0. The zero-order valence-corrected chi connectivity index (χ0v) is 8.82. The minimum absolute atomic E-state index is 0.0737. The second-order valence-corrected chi connectivity index (χ2v) is 3.94. The largest absolute Gasteiger partial charge is 0.458 e. The van der Waals surface area contributed by atoms with Crippen molar-refractivity contribution in [3.63, 3.8) is 0 Å². The SMILES string of the molecule is CC(C)(C)OC(=O)COCC(O)CO. The Balaban J connectivity index is 3.55. The number of ether oxygens (including phenoxy) is 2. The van der Waals surface area contributed by atoms with E-state index in [0.717, 1.165) is 0 Å². The Hall–Kier alpha value is -0.650. The maximum Gasteiger partial charge on any atom is 0.332 e. The summed E-state index contributed by atoms with van der Waals surface area (Å²) in [6.45, 7) is 4.60. The number of hydrogen-bond acceptors (Lipinski definition) is 5. The predicted molar refractivity (Wildman–Crippen MR) is 49.8 cm³/mol. The molecule has 14 heavy (non-hydrogen) atoms. The van der Waals surface area contributed by atoms with Gasteiger partial charge in [-0.15, -0.1) is 0 Å². The number of esters is 1. The number of hydrogen-bond donors (Lipinski definition) is 2. The van der Waals surface area contributed by atoms with Crippen molar-refractivity contribution < 1.29 is 24.5 Å². The monoisotopic (exact) mass is 206 g/mol. The average Bonchev–Trinajstić information content (AvgIpc) is 2.00. The first kappa shape index (κ1) is 13.4. The molecule has 0 fully saturated rings. The number of carbonyl (C=O) groups excluding carboxylic acids is 1. The van der Waals surface area contributed by atoms with E-state index >= 15 is 0 Å². The van der Waals surface area contributed by atoms with Crippen LogP contribution in [0.15, 0.2) is 0 Å². The third-order valence-electron chi connectivity index (χ3n) is 1.16. The second-order valence-electron chi connectivity index (χ2n) is 3.94. The van der Waals surface area contributed by atoms with E-state index in [-0.39, 0.29) is 19.8 Å². The Morgan fingerprint density at radius 1 is 1.43 bits per heavy atom. The van der Waals surface area contributed by atoms with Gasteiger partial charge in [-0.05, 0) is 20.8 Å². The number of carbonyl (C=O) groups is 1. The van der Waals surface area contributed by atoms with E-state index in [1.807, 2.05) is 0 Å². The van der Waals surface area contributed by atoms with Crippen molar-refractivity contribution in [3.8, 4) is 0 Å². The van der Waals surface area contributed by atoms with Gasteiger partial charge in [0.2, 0.25) is 0 Å². The molecule has 0 spiro atoms. The molecular formula is C9H18O5. The molecule has 2 N–H and O–H groups in total. The second kappa shape index (κ2) is 5.95. The van der Waals surface area contributed by atoms with Crippen LogP contribution in [0.3, 0.4) is 0 Å². The number of rotatable bonds is 5. The van der Waals surface area contributed by atoms with E-state index < -0.39 is 17.7 Å². The van der Waals surface area contributed by atoms with Gasteiger partial charge in [0, 0.05) is 0 Å². The molecule has 0 heterocycles. The van der Waals surface area contributed by atoms with Crippen LogP contribution in [0.1, 0.15) is 20.8 Å². The van der Waals surface area contributed by atoms with Gasteiger partial charge in [0.25, 0.3) is 0 Å². The van der Waals surface area contributed by atoms with Crippen LogP contribution in [-0.2, 0) is 14.3 Å². The van der Waals surface area contributed by atoms with Crippen molar-refractivity contribution in [1.29, 1.82) is 0 Å². The highest BCUT2D eigenvalue weighted by molar-refractivity contribution is 5.71. The zero-order chi connectivity index (χ0) is 11.2. The fourth-order valence-corrected chi connectivity index (χ4v) is 0.702. The maximum atomic E-state index is 11.0. The van der Waals surface area contributed by atoms with Crippen LogP contribution in [-0.4, -0.2) is 47.7 Å².